The lowest BCUT2D eigenvalue weighted by Gasteiger charge is -2.17. The number of carbonyl (C=O) groups excluding carboxylic acids is 1. The van der Waals surface area contributed by atoms with Crippen LogP contribution < -0.4 is 4.90 Å². The molecular formula is C22H25N3O4S. The number of amides is 1. The Morgan fingerprint density at radius 3 is 2.67 bits per heavy atom. The Morgan fingerprint density at radius 2 is 2.00 bits per heavy atom. The summed E-state index contributed by atoms with van der Waals surface area (Å²) in [5.41, 5.74) is 5.97. The predicted octanol–water partition coefficient (Wildman–Crippen LogP) is 3.74. The SMILES string of the molecule is Cc1cc(-c2[nH]c3ccc(N4CCC(OS(C)(=O)=O)C4=O)cc3c2C(C)C)ccn1. The van der Waals surface area contributed by atoms with Gasteiger partial charge in [-0.05, 0) is 48.7 Å². The quantitative estimate of drug-likeness (QED) is 0.626. The number of fused-ring (bicyclic) bond motifs is 1. The number of nitrogens with zero attached hydrogens (tertiary/aromatic N) is 2. The number of rotatable bonds is 5. The van der Waals surface area contributed by atoms with Gasteiger partial charge in [-0.1, -0.05) is 13.8 Å². The molecule has 0 bridgehead atoms. The van der Waals surface area contributed by atoms with Crippen LogP contribution >= 0.6 is 0 Å². The number of aromatic amines is 1. The number of benzene rings is 1. The summed E-state index contributed by atoms with van der Waals surface area (Å²) >= 11 is 0. The van der Waals surface area contributed by atoms with E-state index < -0.39 is 16.2 Å². The van der Waals surface area contributed by atoms with Crippen LogP contribution in [0.25, 0.3) is 22.2 Å². The molecule has 0 radical (unpaired) electrons. The van der Waals surface area contributed by atoms with E-state index in [-0.39, 0.29) is 11.8 Å². The Labute approximate surface area is 176 Å². The molecule has 1 fully saturated rings. The molecule has 1 aliphatic rings. The minimum Gasteiger partial charge on any atom is -0.354 e. The summed E-state index contributed by atoms with van der Waals surface area (Å²) in [7, 11) is -3.69. The molecule has 158 valence electrons. The fourth-order valence-corrected chi connectivity index (χ4v) is 4.71. The van der Waals surface area contributed by atoms with Gasteiger partial charge in [-0.25, -0.2) is 0 Å². The average Bonchev–Trinajstić information content (AvgIpc) is 3.21. The van der Waals surface area contributed by atoms with Crippen LogP contribution in [0.4, 0.5) is 5.69 Å². The minimum absolute atomic E-state index is 0.257. The Kier molecular flexibility index (Phi) is 5.15. The smallest absolute Gasteiger partial charge is 0.265 e. The fraction of sp³-hybridized carbons (Fsp3) is 0.364. The van der Waals surface area contributed by atoms with E-state index >= 15 is 0 Å². The highest BCUT2D eigenvalue weighted by Gasteiger charge is 2.36. The van der Waals surface area contributed by atoms with Crippen molar-refractivity contribution < 1.29 is 17.4 Å². The first kappa shape index (κ1) is 20.6. The number of pyridine rings is 1. The van der Waals surface area contributed by atoms with Crippen LogP contribution in [0.1, 0.15) is 37.4 Å². The molecule has 1 aliphatic heterocycles. The third-order valence-electron chi connectivity index (χ3n) is 5.34. The van der Waals surface area contributed by atoms with E-state index in [1.807, 2.05) is 31.2 Å². The van der Waals surface area contributed by atoms with Gasteiger partial charge in [-0.3, -0.25) is 14.0 Å². The van der Waals surface area contributed by atoms with Crippen molar-refractivity contribution >= 4 is 32.6 Å². The molecule has 0 spiro atoms. The van der Waals surface area contributed by atoms with Gasteiger partial charge in [0.15, 0.2) is 6.10 Å². The molecule has 3 heterocycles. The standard InChI is InChI=1S/C22H25N3O4S/c1-13(2)20-17-12-16(25-10-8-19(22(25)26)29-30(4,27)28)5-6-18(17)24-21(20)15-7-9-23-14(3)11-15/h5-7,9,11-13,19,24H,8,10H2,1-4H3. The number of hydrogen-bond donors (Lipinski definition) is 1. The second-order valence-electron chi connectivity index (χ2n) is 8.05. The first-order valence-electron chi connectivity index (χ1n) is 9.92. The molecule has 4 rings (SSSR count). The first-order chi connectivity index (χ1) is 14.1. The van der Waals surface area contributed by atoms with Crippen LogP contribution in [0.2, 0.25) is 0 Å². The van der Waals surface area contributed by atoms with Gasteiger partial charge >= 0.3 is 0 Å². The Balaban J connectivity index is 1.76. The van der Waals surface area contributed by atoms with Gasteiger partial charge in [0.1, 0.15) is 0 Å². The summed E-state index contributed by atoms with van der Waals surface area (Å²) in [5.74, 6) is -0.0699. The summed E-state index contributed by atoms with van der Waals surface area (Å²) in [6.45, 7) is 6.67. The zero-order chi connectivity index (χ0) is 21.6. The minimum atomic E-state index is -3.69. The molecule has 1 atom stereocenters. The highest BCUT2D eigenvalue weighted by atomic mass is 32.2. The summed E-state index contributed by atoms with van der Waals surface area (Å²) in [6, 6.07) is 9.88. The summed E-state index contributed by atoms with van der Waals surface area (Å²) < 4.78 is 27.8. The molecule has 30 heavy (non-hydrogen) atoms. The second-order valence-corrected chi connectivity index (χ2v) is 9.65. The van der Waals surface area contributed by atoms with Crippen LogP contribution in [0.15, 0.2) is 36.5 Å². The van der Waals surface area contributed by atoms with Gasteiger partial charge < -0.3 is 9.88 Å². The highest BCUT2D eigenvalue weighted by molar-refractivity contribution is 7.86. The van der Waals surface area contributed by atoms with Crippen molar-refractivity contribution in [3.8, 4) is 11.3 Å². The average molecular weight is 428 g/mol. The van der Waals surface area contributed by atoms with Crippen molar-refractivity contribution in [3.63, 3.8) is 0 Å². The fourth-order valence-electron chi connectivity index (χ4n) is 4.11. The zero-order valence-electron chi connectivity index (χ0n) is 17.5. The van der Waals surface area contributed by atoms with Crippen LogP contribution in [0.3, 0.4) is 0 Å². The van der Waals surface area contributed by atoms with Crippen molar-refractivity contribution in [2.75, 3.05) is 17.7 Å². The number of aryl methyl sites for hydroxylation is 1. The monoisotopic (exact) mass is 427 g/mol. The van der Waals surface area contributed by atoms with Crippen molar-refractivity contribution in [2.45, 2.75) is 39.2 Å². The van der Waals surface area contributed by atoms with E-state index in [4.69, 9.17) is 4.18 Å². The van der Waals surface area contributed by atoms with Gasteiger partial charge in [0.25, 0.3) is 16.0 Å². The molecular weight excluding hydrogens is 402 g/mol. The first-order valence-corrected chi connectivity index (χ1v) is 11.7. The molecule has 8 heteroatoms. The third-order valence-corrected chi connectivity index (χ3v) is 5.93. The van der Waals surface area contributed by atoms with E-state index in [0.29, 0.717) is 13.0 Å². The van der Waals surface area contributed by atoms with Gasteiger partial charge in [-0.15, -0.1) is 0 Å². The molecule has 2 aromatic heterocycles. The topological polar surface area (TPSA) is 92.4 Å². The van der Waals surface area contributed by atoms with E-state index in [9.17, 15) is 13.2 Å². The van der Waals surface area contributed by atoms with Gasteiger partial charge in [-0.2, -0.15) is 8.42 Å². The van der Waals surface area contributed by atoms with E-state index in [1.165, 1.54) is 5.56 Å². The molecule has 0 saturated carbocycles. The summed E-state index contributed by atoms with van der Waals surface area (Å²) in [5, 5.41) is 1.05. The van der Waals surface area contributed by atoms with Crippen LogP contribution in [-0.2, 0) is 19.1 Å². The van der Waals surface area contributed by atoms with Gasteiger partial charge in [0.2, 0.25) is 0 Å². The maximum Gasteiger partial charge on any atom is 0.265 e. The van der Waals surface area contributed by atoms with Crippen molar-refractivity contribution in [2.24, 2.45) is 0 Å². The summed E-state index contributed by atoms with van der Waals surface area (Å²) in [6.07, 6.45) is 2.15. The number of carbonyl (C=O) groups is 1. The lowest BCUT2D eigenvalue weighted by atomic mass is 9.96. The molecule has 1 saturated heterocycles. The van der Waals surface area contributed by atoms with Crippen LogP contribution in [0, 0.1) is 6.92 Å². The van der Waals surface area contributed by atoms with E-state index in [2.05, 4.69) is 29.9 Å². The molecule has 1 aromatic carbocycles. The normalized spacial score (nSPS) is 17.4. The molecule has 0 aliphatic carbocycles. The lowest BCUT2D eigenvalue weighted by Crippen LogP contribution is -2.31. The Morgan fingerprint density at radius 1 is 1.23 bits per heavy atom. The van der Waals surface area contributed by atoms with Crippen LogP contribution in [-0.4, -0.2) is 43.2 Å². The van der Waals surface area contributed by atoms with Crippen LogP contribution in [0.5, 0.6) is 0 Å². The molecule has 3 aromatic rings. The number of nitrogens with one attached hydrogen (secondary N) is 1. The van der Waals surface area contributed by atoms with Crippen molar-refractivity contribution in [3.05, 3.63) is 47.8 Å². The molecule has 1 N–H and O–H groups in total. The third kappa shape index (κ3) is 3.85. The number of H-pyrrole nitrogens is 1. The second kappa shape index (κ2) is 7.52. The summed E-state index contributed by atoms with van der Waals surface area (Å²) in [4.78, 5) is 22.1. The zero-order valence-corrected chi connectivity index (χ0v) is 18.3. The lowest BCUT2D eigenvalue weighted by molar-refractivity contribution is -0.122. The van der Waals surface area contributed by atoms with Crippen molar-refractivity contribution in [1.82, 2.24) is 9.97 Å². The number of hydrogen-bond acceptors (Lipinski definition) is 5. The maximum absolute atomic E-state index is 12.7. The molecule has 7 nitrogen and oxygen atoms in total. The largest absolute Gasteiger partial charge is 0.354 e. The Hall–Kier alpha value is -2.71. The highest BCUT2D eigenvalue weighted by Crippen LogP contribution is 2.38. The van der Waals surface area contributed by atoms with E-state index in [1.54, 1.807) is 11.1 Å². The number of anilines is 1. The molecule has 1 amide bonds. The van der Waals surface area contributed by atoms with E-state index in [0.717, 1.165) is 39.8 Å². The number of aromatic nitrogens is 2. The van der Waals surface area contributed by atoms with Gasteiger partial charge in [0, 0.05) is 47.0 Å². The maximum atomic E-state index is 12.7. The predicted molar refractivity (Wildman–Crippen MR) is 117 cm³/mol. The molecule has 1 unspecified atom stereocenters. The van der Waals surface area contributed by atoms with Gasteiger partial charge in [0.05, 0.1) is 11.9 Å². The van der Waals surface area contributed by atoms with Crippen molar-refractivity contribution in [1.29, 1.82) is 0 Å². The Bertz CT molecular complexity index is 1230.